The van der Waals surface area contributed by atoms with E-state index in [-0.39, 0.29) is 5.69 Å². The van der Waals surface area contributed by atoms with Crippen molar-refractivity contribution in [3.8, 4) is 0 Å². The zero-order chi connectivity index (χ0) is 8.55. The normalized spacial score (nSPS) is 11.2. The molecule has 0 saturated heterocycles. The monoisotopic (exact) mass is 166 g/mol. The van der Waals surface area contributed by atoms with Gasteiger partial charge in [-0.25, -0.2) is 0 Å². The van der Waals surface area contributed by atoms with E-state index < -0.39 is 6.43 Å². The molecule has 0 spiro atoms. The van der Waals surface area contributed by atoms with Crippen molar-refractivity contribution >= 4 is 10.9 Å². The Balaban J connectivity index is 2.62. The molecule has 1 nitrogen and oxygen atoms in total. The summed E-state index contributed by atoms with van der Waals surface area (Å²) in [5, 5.41) is 0.806. The van der Waals surface area contributed by atoms with Crippen LogP contribution >= 0.6 is 0 Å². The molecule has 0 unspecified atom stereocenters. The van der Waals surface area contributed by atoms with Gasteiger partial charge in [0.25, 0.3) is 0 Å². The van der Waals surface area contributed by atoms with Crippen LogP contribution in [0.3, 0.4) is 0 Å². The number of benzene rings is 1. The van der Waals surface area contributed by atoms with E-state index in [0.29, 0.717) is 0 Å². The van der Waals surface area contributed by atoms with Gasteiger partial charge < -0.3 is 4.98 Å². The highest BCUT2D eigenvalue weighted by Crippen LogP contribution is 2.21. The van der Waals surface area contributed by atoms with Crippen LogP contribution < -0.4 is 0 Å². The summed E-state index contributed by atoms with van der Waals surface area (Å²) in [4.78, 5) is 2.61. The van der Waals surface area contributed by atoms with Crippen molar-refractivity contribution in [3.63, 3.8) is 0 Å². The van der Waals surface area contributed by atoms with Gasteiger partial charge >= 0.3 is 6.43 Å². The van der Waals surface area contributed by atoms with E-state index in [2.05, 4.69) is 4.98 Å². The van der Waals surface area contributed by atoms with Gasteiger partial charge in [-0.2, -0.15) is 8.78 Å². The average molecular weight is 166 g/mol. The van der Waals surface area contributed by atoms with Crippen LogP contribution in [0, 0.1) is 6.43 Å². The lowest BCUT2D eigenvalue weighted by atomic mass is 10.2. The van der Waals surface area contributed by atoms with Crippen molar-refractivity contribution in [1.82, 2.24) is 4.98 Å². The van der Waals surface area contributed by atoms with E-state index in [4.69, 9.17) is 0 Å². The van der Waals surface area contributed by atoms with E-state index in [1.54, 1.807) is 18.2 Å². The van der Waals surface area contributed by atoms with E-state index in [1.165, 1.54) is 6.07 Å². The van der Waals surface area contributed by atoms with Crippen molar-refractivity contribution in [2.45, 2.75) is 0 Å². The summed E-state index contributed by atoms with van der Waals surface area (Å²) < 4.78 is 24.2. The second-order valence-electron chi connectivity index (χ2n) is 2.53. The molecule has 0 amide bonds. The van der Waals surface area contributed by atoms with Gasteiger partial charge in [-0.1, -0.05) is 18.2 Å². The lowest BCUT2D eigenvalue weighted by Gasteiger charge is -1.87. The molecule has 12 heavy (non-hydrogen) atoms. The topological polar surface area (TPSA) is 15.8 Å². The van der Waals surface area contributed by atoms with Crippen LogP contribution in [0.25, 0.3) is 10.9 Å². The minimum absolute atomic E-state index is 0.101. The molecule has 0 saturated carbocycles. The van der Waals surface area contributed by atoms with Gasteiger partial charge in [0.2, 0.25) is 0 Å². The van der Waals surface area contributed by atoms with E-state index in [1.807, 2.05) is 6.07 Å². The van der Waals surface area contributed by atoms with E-state index in [9.17, 15) is 8.78 Å². The Morgan fingerprint density at radius 1 is 1.17 bits per heavy atom. The number of aromatic amines is 1. The van der Waals surface area contributed by atoms with Gasteiger partial charge in [-0.05, 0) is 17.5 Å². The molecule has 1 aromatic heterocycles. The number of halogens is 2. The van der Waals surface area contributed by atoms with E-state index in [0.717, 1.165) is 10.9 Å². The van der Waals surface area contributed by atoms with Crippen molar-refractivity contribution in [2.24, 2.45) is 0 Å². The van der Waals surface area contributed by atoms with Gasteiger partial charge in [0.05, 0.1) is 5.69 Å². The maximum atomic E-state index is 12.1. The Morgan fingerprint density at radius 3 is 2.58 bits per heavy atom. The zero-order valence-electron chi connectivity index (χ0n) is 6.14. The van der Waals surface area contributed by atoms with Crippen LogP contribution in [-0.4, -0.2) is 4.98 Å². The molecule has 1 radical (unpaired) electrons. The highest BCUT2D eigenvalue weighted by molar-refractivity contribution is 5.80. The summed E-state index contributed by atoms with van der Waals surface area (Å²) in [6, 6.07) is 8.61. The minimum atomic E-state index is -1.67. The van der Waals surface area contributed by atoms with Crippen LogP contribution in [0.5, 0.6) is 0 Å². The van der Waals surface area contributed by atoms with E-state index >= 15 is 0 Å². The second-order valence-corrected chi connectivity index (χ2v) is 2.53. The summed E-state index contributed by atoms with van der Waals surface area (Å²) in [6.45, 7) is 0. The highest BCUT2D eigenvalue weighted by Gasteiger charge is 2.11. The van der Waals surface area contributed by atoms with Crippen LogP contribution in [-0.2, 0) is 0 Å². The first-order valence-corrected chi connectivity index (χ1v) is 3.53. The summed E-state index contributed by atoms with van der Waals surface area (Å²) in [5.74, 6) is 0. The molecule has 0 atom stereocenters. The number of para-hydroxylation sites is 1. The molecule has 61 valence electrons. The molecule has 3 heteroatoms. The maximum Gasteiger partial charge on any atom is 0.355 e. The first-order chi connectivity index (χ1) is 5.77. The summed E-state index contributed by atoms with van der Waals surface area (Å²) >= 11 is 0. The minimum Gasteiger partial charge on any atom is -0.353 e. The largest absolute Gasteiger partial charge is 0.355 e. The Hall–Kier alpha value is -1.38. The van der Waals surface area contributed by atoms with Crippen LogP contribution in [0.4, 0.5) is 8.78 Å². The smallest absolute Gasteiger partial charge is 0.353 e. The maximum absolute atomic E-state index is 12.1. The lowest BCUT2D eigenvalue weighted by Crippen LogP contribution is -1.81. The summed E-state index contributed by atoms with van der Waals surface area (Å²) in [6.07, 6.45) is -1.67. The predicted molar refractivity (Wildman–Crippen MR) is 42.9 cm³/mol. The Kier molecular flexibility index (Phi) is 1.57. The molecule has 0 fully saturated rings. The molecule has 1 heterocycles. The molecule has 2 rings (SSSR count). The fourth-order valence-corrected chi connectivity index (χ4v) is 1.18. The molecular weight excluding hydrogens is 160 g/mol. The first kappa shape index (κ1) is 7.28. The number of H-pyrrole nitrogens is 1. The highest BCUT2D eigenvalue weighted by atomic mass is 19.3. The quantitative estimate of drug-likeness (QED) is 0.670. The number of fused-ring (bicyclic) bond motifs is 1. The second kappa shape index (κ2) is 2.59. The predicted octanol–water partition coefficient (Wildman–Crippen LogP) is 2.94. The fraction of sp³-hybridized carbons (Fsp3) is 0. The lowest BCUT2D eigenvalue weighted by molar-refractivity contribution is 0.320. The Bertz CT molecular complexity index is 359. The molecule has 2 aromatic rings. The van der Waals surface area contributed by atoms with Crippen LogP contribution in [0.2, 0.25) is 0 Å². The SMILES string of the molecule is F[C](F)c1cc2ccccc2[nH]1. The number of hydrogen-bond donors (Lipinski definition) is 1. The molecule has 0 aliphatic rings. The van der Waals surface area contributed by atoms with Gasteiger partial charge in [-0.3, -0.25) is 0 Å². The first-order valence-electron chi connectivity index (χ1n) is 3.53. The Labute approximate surface area is 68.0 Å². The van der Waals surface area contributed by atoms with Gasteiger partial charge in [0, 0.05) is 5.52 Å². The number of aromatic nitrogens is 1. The van der Waals surface area contributed by atoms with Crippen LogP contribution in [0.15, 0.2) is 30.3 Å². The summed E-state index contributed by atoms with van der Waals surface area (Å²) in [5.41, 5.74) is 0.636. The zero-order valence-corrected chi connectivity index (χ0v) is 6.14. The number of nitrogens with one attached hydrogen (secondary N) is 1. The summed E-state index contributed by atoms with van der Waals surface area (Å²) in [7, 11) is 0. The van der Waals surface area contributed by atoms with Crippen molar-refractivity contribution in [2.75, 3.05) is 0 Å². The molecule has 0 aliphatic carbocycles. The van der Waals surface area contributed by atoms with Gasteiger partial charge in [0.15, 0.2) is 0 Å². The fourth-order valence-electron chi connectivity index (χ4n) is 1.18. The third-order valence-electron chi connectivity index (χ3n) is 1.73. The third kappa shape index (κ3) is 1.07. The van der Waals surface area contributed by atoms with Gasteiger partial charge in [-0.15, -0.1) is 0 Å². The molecule has 1 N–H and O–H groups in total. The van der Waals surface area contributed by atoms with Crippen LogP contribution in [0.1, 0.15) is 5.69 Å². The molecule has 1 aromatic carbocycles. The van der Waals surface area contributed by atoms with Crippen molar-refractivity contribution in [1.29, 1.82) is 0 Å². The van der Waals surface area contributed by atoms with Gasteiger partial charge in [0.1, 0.15) is 0 Å². The standard InChI is InChI=1S/C9H6F2N/c10-9(11)8-5-6-3-1-2-4-7(6)12-8/h1-5,12H. The molecule has 0 bridgehead atoms. The number of rotatable bonds is 1. The third-order valence-corrected chi connectivity index (χ3v) is 1.73. The van der Waals surface area contributed by atoms with Crippen molar-refractivity contribution in [3.05, 3.63) is 42.5 Å². The number of hydrogen-bond acceptors (Lipinski definition) is 0. The molecule has 0 aliphatic heterocycles. The average Bonchev–Trinajstić information content (AvgIpc) is 2.46. The molecular formula is C9H6F2N. The Morgan fingerprint density at radius 2 is 1.92 bits per heavy atom. The van der Waals surface area contributed by atoms with Crippen molar-refractivity contribution < 1.29 is 8.78 Å².